The molecule has 2 heterocycles. The smallest absolute Gasteiger partial charge is 0.221 e. The summed E-state index contributed by atoms with van der Waals surface area (Å²) in [5.41, 5.74) is 6.71. The fourth-order valence-electron chi connectivity index (χ4n) is 2.50. The van der Waals surface area contributed by atoms with Crippen LogP contribution in [0, 0.1) is 0 Å². The Morgan fingerprint density at radius 3 is 2.71 bits per heavy atom. The molecule has 1 atom stereocenters. The molecule has 0 bridgehead atoms. The van der Waals surface area contributed by atoms with Crippen LogP contribution >= 0.6 is 11.3 Å². The normalized spacial score (nSPS) is 12.0. The Kier molecular flexibility index (Phi) is 5.22. The van der Waals surface area contributed by atoms with Gasteiger partial charge in [0.2, 0.25) is 11.0 Å². The summed E-state index contributed by atoms with van der Waals surface area (Å²) in [7, 11) is 0. The zero-order chi connectivity index (χ0) is 16.8. The molecule has 0 aliphatic heterocycles. The van der Waals surface area contributed by atoms with Crippen molar-refractivity contribution in [1.82, 2.24) is 15.5 Å². The number of furan rings is 1. The molecule has 0 fully saturated rings. The Morgan fingerprint density at radius 2 is 2.04 bits per heavy atom. The first-order chi connectivity index (χ1) is 11.7. The minimum Gasteiger partial charge on any atom is -0.469 e. The summed E-state index contributed by atoms with van der Waals surface area (Å²) >= 11 is 1.27. The highest BCUT2D eigenvalue weighted by atomic mass is 32.1. The highest BCUT2D eigenvalue weighted by Crippen LogP contribution is 2.25. The van der Waals surface area contributed by atoms with Gasteiger partial charge < -0.3 is 15.5 Å². The van der Waals surface area contributed by atoms with Gasteiger partial charge in [0.15, 0.2) is 0 Å². The largest absolute Gasteiger partial charge is 0.469 e. The second kappa shape index (κ2) is 7.74. The summed E-state index contributed by atoms with van der Waals surface area (Å²) in [6, 6.07) is 13.8. The monoisotopic (exact) mass is 342 g/mol. The third-order valence-electron chi connectivity index (χ3n) is 3.62. The lowest BCUT2D eigenvalue weighted by Crippen LogP contribution is -2.25. The van der Waals surface area contributed by atoms with Crippen LogP contribution in [0.4, 0.5) is 5.13 Å². The lowest BCUT2D eigenvalue weighted by Gasteiger charge is -2.14. The predicted octanol–water partition coefficient (Wildman–Crippen LogP) is 2.75. The van der Waals surface area contributed by atoms with Crippen LogP contribution in [0.1, 0.15) is 28.7 Å². The zero-order valence-corrected chi connectivity index (χ0v) is 13.8. The summed E-state index contributed by atoms with van der Waals surface area (Å²) in [5, 5.41) is 11.6. The van der Waals surface area contributed by atoms with E-state index in [2.05, 4.69) is 27.6 Å². The molecule has 3 aromatic rings. The van der Waals surface area contributed by atoms with E-state index in [1.807, 2.05) is 30.3 Å². The van der Waals surface area contributed by atoms with E-state index in [0.29, 0.717) is 23.1 Å². The number of anilines is 1. The minimum absolute atomic E-state index is 0.0121. The van der Waals surface area contributed by atoms with Crippen molar-refractivity contribution in [2.24, 2.45) is 0 Å². The molecule has 1 unspecified atom stereocenters. The van der Waals surface area contributed by atoms with Gasteiger partial charge in [-0.15, -0.1) is 10.2 Å². The van der Waals surface area contributed by atoms with Crippen LogP contribution in [0.25, 0.3) is 0 Å². The van der Waals surface area contributed by atoms with Crippen LogP contribution in [-0.2, 0) is 17.8 Å². The number of benzene rings is 1. The third kappa shape index (κ3) is 4.42. The standard InChI is InChI=1S/C17H18N4O2S/c18-17-21-20-16(24-17)11-19-15(22)10-13(14-7-4-8-23-14)9-12-5-2-1-3-6-12/h1-8,13H,9-11H2,(H2,18,21)(H,19,22). The summed E-state index contributed by atoms with van der Waals surface area (Å²) < 4.78 is 5.52. The summed E-state index contributed by atoms with van der Waals surface area (Å²) in [6.07, 6.45) is 2.72. The SMILES string of the molecule is Nc1nnc(CNC(=O)CC(Cc2ccccc2)c2ccco2)s1. The average Bonchev–Trinajstić information content (AvgIpc) is 3.25. The molecule has 0 aliphatic rings. The number of carbonyl (C=O) groups excluding carboxylic acids is 1. The number of nitrogens with two attached hydrogens (primary N) is 1. The summed E-state index contributed by atoms with van der Waals surface area (Å²) in [4.78, 5) is 12.3. The van der Waals surface area contributed by atoms with Crippen molar-refractivity contribution in [3.05, 3.63) is 65.1 Å². The van der Waals surface area contributed by atoms with E-state index in [1.54, 1.807) is 6.26 Å². The van der Waals surface area contributed by atoms with Crippen LogP contribution in [0.15, 0.2) is 53.1 Å². The maximum Gasteiger partial charge on any atom is 0.221 e. The molecule has 3 rings (SSSR count). The number of nitrogen functional groups attached to an aromatic ring is 1. The molecule has 0 radical (unpaired) electrons. The van der Waals surface area contributed by atoms with Crippen molar-refractivity contribution in [1.29, 1.82) is 0 Å². The van der Waals surface area contributed by atoms with Gasteiger partial charge in [-0.25, -0.2) is 0 Å². The fourth-order valence-corrected chi connectivity index (χ4v) is 3.05. The molecule has 24 heavy (non-hydrogen) atoms. The number of carbonyl (C=O) groups is 1. The molecule has 0 spiro atoms. The van der Waals surface area contributed by atoms with Crippen LogP contribution in [0.3, 0.4) is 0 Å². The van der Waals surface area contributed by atoms with E-state index in [0.717, 1.165) is 12.2 Å². The quantitative estimate of drug-likeness (QED) is 0.688. The highest BCUT2D eigenvalue weighted by molar-refractivity contribution is 7.15. The van der Waals surface area contributed by atoms with Gasteiger partial charge in [0, 0.05) is 12.3 Å². The van der Waals surface area contributed by atoms with Crippen LogP contribution in [0.5, 0.6) is 0 Å². The maximum absolute atomic E-state index is 12.3. The first-order valence-corrected chi connectivity index (χ1v) is 8.44. The Balaban J connectivity index is 1.62. The van der Waals surface area contributed by atoms with Gasteiger partial charge in [-0.1, -0.05) is 41.7 Å². The molecular formula is C17H18N4O2S. The minimum atomic E-state index is -0.0545. The van der Waals surface area contributed by atoms with E-state index >= 15 is 0 Å². The van der Waals surface area contributed by atoms with Gasteiger partial charge in [0.1, 0.15) is 10.8 Å². The van der Waals surface area contributed by atoms with Crippen molar-refractivity contribution in [2.75, 3.05) is 5.73 Å². The number of nitrogens with one attached hydrogen (secondary N) is 1. The number of aromatic nitrogens is 2. The van der Waals surface area contributed by atoms with Crippen molar-refractivity contribution >= 4 is 22.4 Å². The van der Waals surface area contributed by atoms with Crippen LogP contribution < -0.4 is 11.1 Å². The van der Waals surface area contributed by atoms with Gasteiger partial charge in [-0.2, -0.15) is 0 Å². The van der Waals surface area contributed by atoms with Gasteiger partial charge in [-0.3, -0.25) is 4.79 Å². The molecule has 0 saturated heterocycles. The van der Waals surface area contributed by atoms with E-state index < -0.39 is 0 Å². The first-order valence-electron chi connectivity index (χ1n) is 7.62. The molecule has 0 saturated carbocycles. The number of amides is 1. The molecule has 0 aliphatic carbocycles. The van der Waals surface area contributed by atoms with Crippen molar-refractivity contribution < 1.29 is 9.21 Å². The van der Waals surface area contributed by atoms with Crippen LogP contribution in [0.2, 0.25) is 0 Å². The van der Waals surface area contributed by atoms with Gasteiger partial charge >= 0.3 is 0 Å². The first kappa shape index (κ1) is 16.2. The van der Waals surface area contributed by atoms with E-state index in [9.17, 15) is 4.79 Å². The average molecular weight is 342 g/mol. The van der Waals surface area contributed by atoms with E-state index in [-0.39, 0.29) is 11.8 Å². The molecule has 1 aromatic carbocycles. The maximum atomic E-state index is 12.3. The Morgan fingerprint density at radius 1 is 1.21 bits per heavy atom. The molecule has 7 heteroatoms. The molecule has 6 nitrogen and oxygen atoms in total. The lowest BCUT2D eigenvalue weighted by atomic mass is 9.93. The molecular weight excluding hydrogens is 324 g/mol. The van der Waals surface area contributed by atoms with Gasteiger partial charge in [0.05, 0.1) is 12.8 Å². The number of rotatable bonds is 7. The number of hydrogen-bond acceptors (Lipinski definition) is 6. The topological polar surface area (TPSA) is 94.0 Å². The van der Waals surface area contributed by atoms with E-state index in [4.69, 9.17) is 10.2 Å². The van der Waals surface area contributed by atoms with Crippen molar-refractivity contribution in [2.45, 2.75) is 25.3 Å². The Labute approximate surface area is 143 Å². The van der Waals surface area contributed by atoms with E-state index in [1.165, 1.54) is 16.9 Å². The number of hydrogen-bond donors (Lipinski definition) is 2. The van der Waals surface area contributed by atoms with Gasteiger partial charge in [0.25, 0.3) is 0 Å². The highest BCUT2D eigenvalue weighted by Gasteiger charge is 2.19. The lowest BCUT2D eigenvalue weighted by molar-refractivity contribution is -0.121. The zero-order valence-electron chi connectivity index (χ0n) is 13.0. The molecule has 3 N–H and O–H groups in total. The van der Waals surface area contributed by atoms with Crippen molar-refractivity contribution in [3.63, 3.8) is 0 Å². The molecule has 2 aromatic heterocycles. The predicted molar refractivity (Wildman–Crippen MR) is 92.4 cm³/mol. The third-order valence-corrected chi connectivity index (χ3v) is 4.37. The van der Waals surface area contributed by atoms with Crippen LogP contribution in [-0.4, -0.2) is 16.1 Å². The van der Waals surface area contributed by atoms with Crippen molar-refractivity contribution in [3.8, 4) is 0 Å². The molecule has 1 amide bonds. The van der Waals surface area contributed by atoms with Gasteiger partial charge in [-0.05, 0) is 24.1 Å². The summed E-state index contributed by atoms with van der Waals surface area (Å²) in [6.45, 7) is 0.337. The number of nitrogens with zero attached hydrogens (tertiary/aromatic N) is 2. The molecule has 124 valence electrons. The fraction of sp³-hybridized carbons (Fsp3) is 0.235. The Bertz CT molecular complexity index is 771. The second-order valence-corrected chi connectivity index (χ2v) is 6.51. The summed E-state index contributed by atoms with van der Waals surface area (Å²) in [5.74, 6) is 0.747. The Hall–Kier alpha value is -2.67. The second-order valence-electron chi connectivity index (χ2n) is 5.42.